The van der Waals surface area contributed by atoms with E-state index in [0.717, 1.165) is 5.56 Å². The molecule has 0 bridgehead atoms. The topological polar surface area (TPSA) is 75.2 Å². The second kappa shape index (κ2) is 5.36. The van der Waals surface area contributed by atoms with Crippen LogP contribution in [0.25, 0.3) is 11.3 Å². The Morgan fingerprint density at radius 2 is 2.10 bits per heavy atom. The predicted molar refractivity (Wildman–Crippen MR) is 76.4 cm³/mol. The molecule has 0 amide bonds. The number of rotatable bonds is 4. The zero-order chi connectivity index (χ0) is 14.9. The summed E-state index contributed by atoms with van der Waals surface area (Å²) in [5.41, 5.74) is 2.93. The van der Waals surface area contributed by atoms with Crippen molar-refractivity contribution in [1.82, 2.24) is 10.2 Å². The van der Waals surface area contributed by atoms with Crippen LogP contribution in [0.5, 0.6) is 5.75 Å². The van der Waals surface area contributed by atoms with Gasteiger partial charge in [-0.05, 0) is 30.5 Å². The van der Waals surface area contributed by atoms with E-state index in [1.54, 1.807) is 14.0 Å². The Labute approximate surface area is 117 Å². The molecule has 1 heterocycles. The molecule has 0 spiro atoms. The van der Waals surface area contributed by atoms with Crippen LogP contribution >= 0.6 is 0 Å². The number of aromatic nitrogens is 2. The first kappa shape index (κ1) is 14.1. The van der Waals surface area contributed by atoms with Crippen LogP contribution < -0.4 is 4.74 Å². The summed E-state index contributed by atoms with van der Waals surface area (Å²) in [7, 11) is 1.57. The molecule has 2 aromatic rings. The summed E-state index contributed by atoms with van der Waals surface area (Å²) >= 11 is 0. The van der Waals surface area contributed by atoms with Crippen LogP contribution in [0.4, 0.5) is 0 Å². The van der Waals surface area contributed by atoms with Crippen molar-refractivity contribution in [2.45, 2.75) is 26.7 Å². The van der Waals surface area contributed by atoms with Gasteiger partial charge in [0.2, 0.25) is 0 Å². The predicted octanol–water partition coefficient (Wildman–Crippen LogP) is 3.22. The second-order valence-electron chi connectivity index (χ2n) is 4.99. The molecule has 0 radical (unpaired) electrons. The molecule has 2 rings (SSSR count). The number of hydrogen-bond acceptors (Lipinski definition) is 3. The molecule has 0 saturated heterocycles. The number of carbonyl (C=O) groups is 1. The fourth-order valence-electron chi connectivity index (χ4n) is 2.15. The van der Waals surface area contributed by atoms with Crippen molar-refractivity contribution in [3.63, 3.8) is 0 Å². The summed E-state index contributed by atoms with van der Waals surface area (Å²) in [4.78, 5) is 11.4. The molecule has 0 aliphatic carbocycles. The SMILES string of the molecule is COc1cc(C(C)C)ccc1-c1n[nH]c(C)c1C(=O)O. The van der Waals surface area contributed by atoms with Crippen LogP contribution in [0.15, 0.2) is 18.2 Å². The molecular formula is C15H18N2O3. The van der Waals surface area contributed by atoms with Crippen molar-refractivity contribution in [2.75, 3.05) is 7.11 Å². The first-order valence-corrected chi connectivity index (χ1v) is 6.42. The van der Waals surface area contributed by atoms with Crippen LogP contribution in [-0.2, 0) is 0 Å². The first-order valence-electron chi connectivity index (χ1n) is 6.42. The Hall–Kier alpha value is -2.30. The normalized spacial score (nSPS) is 10.8. The fourth-order valence-corrected chi connectivity index (χ4v) is 2.15. The molecule has 5 nitrogen and oxygen atoms in total. The van der Waals surface area contributed by atoms with Gasteiger partial charge in [-0.1, -0.05) is 19.9 Å². The van der Waals surface area contributed by atoms with Gasteiger partial charge in [-0.15, -0.1) is 0 Å². The van der Waals surface area contributed by atoms with Gasteiger partial charge in [0.05, 0.1) is 7.11 Å². The molecule has 0 saturated carbocycles. The maximum atomic E-state index is 11.4. The van der Waals surface area contributed by atoms with Gasteiger partial charge < -0.3 is 9.84 Å². The Kier molecular flexibility index (Phi) is 3.79. The number of ether oxygens (including phenoxy) is 1. The number of hydrogen-bond donors (Lipinski definition) is 2. The lowest BCUT2D eigenvalue weighted by molar-refractivity contribution is 0.0697. The quantitative estimate of drug-likeness (QED) is 0.897. The Bertz CT molecular complexity index is 645. The number of carboxylic acid groups (broad SMARTS) is 1. The van der Waals surface area contributed by atoms with Gasteiger partial charge in [0.15, 0.2) is 0 Å². The molecule has 0 aliphatic heterocycles. The van der Waals surface area contributed by atoms with Crippen molar-refractivity contribution in [2.24, 2.45) is 0 Å². The van der Waals surface area contributed by atoms with Gasteiger partial charge in [0.25, 0.3) is 0 Å². The fraction of sp³-hybridized carbons (Fsp3) is 0.333. The third-order valence-corrected chi connectivity index (χ3v) is 3.31. The number of carboxylic acids is 1. The highest BCUT2D eigenvalue weighted by molar-refractivity contribution is 5.96. The summed E-state index contributed by atoms with van der Waals surface area (Å²) in [5, 5.41) is 16.1. The van der Waals surface area contributed by atoms with E-state index in [0.29, 0.717) is 28.6 Å². The minimum Gasteiger partial charge on any atom is -0.496 e. The Balaban J connectivity index is 2.61. The van der Waals surface area contributed by atoms with Crippen molar-refractivity contribution in [3.05, 3.63) is 35.0 Å². The average molecular weight is 274 g/mol. The number of H-pyrrole nitrogens is 1. The minimum atomic E-state index is -0.999. The summed E-state index contributed by atoms with van der Waals surface area (Å²) in [6.45, 7) is 5.88. The Morgan fingerprint density at radius 3 is 2.65 bits per heavy atom. The summed E-state index contributed by atoms with van der Waals surface area (Å²) < 4.78 is 5.39. The zero-order valence-corrected chi connectivity index (χ0v) is 12.0. The largest absolute Gasteiger partial charge is 0.496 e. The zero-order valence-electron chi connectivity index (χ0n) is 12.0. The molecular weight excluding hydrogens is 256 g/mol. The van der Waals surface area contributed by atoms with Gasteiger partial charge in [0, 0.05) is 11.3 Å². The van der Waals surface area contributed by atoms with Gasteiger partial charge in [0.1, 0.15) is 17.0 Å². The van der Waals surface area contributed by atoms with E-state index in [1.165, 1.54) is 0 Å². The van der Waals surface area contributed by atoms with Crippen molar-refractivity contribution >= 4 is 5.97 Å². The van der Waals surface area contributed by atoms with Gasteiger partial charge in [-0.3, -0.25) is 5.10 Å². The minimum absolute atomic E-state index is 0.181. The average Bonchev–Trinajstić information content (AvgIpc) is 2.79. The highest BCUT2D eigenvalue weighted by Gasteiger charge is 2.21. The summed E-state index contributed by atoms with van der Waals surface area (Å²) in [6.07, 6.45) is 0. The summed E-state index contributed by atoms with van der Waals surface area (Å²) in [6, 6.07) is 5.75. The standard InChI is InChI=1S/C15H18N2O3/c1-8(2)10-5-6-11(12(7-10)20-4)14-13(15(18)19)9(3)16-17-14/h5-8H,1-4H3,(H,16,17)(H,18,19). The van der Waals surface area contributed by atoms with E-state index in [2.05, 4.69) is 24.0 Å². The maximum absolute atomic E-state index is 11.4. The van der Waals surface area contributed by atoms with E-state index in [1.807, 2.05) is 18.2 Å². The van der Waals surface area contributed by atoms with Gasteiger partial charge in [-0.2, -0.15) is 5.10 Å². The molecule has 0 atom stereocenters. The molecule has 1 aromatic heterocycles. The third-order valence-electron chi connectivity index (χ3n) is 3.31. The molecule has 5 heteroatoms. The second-order valence-corrected chi connectivity index (χ2v) is 4.99. The van der Waals surface area contributed by atoms with E-state index in [9.17, 15) is 9.90 Å². The third kappa shape index (κ3) is 2.39. The highest BCUT2D eigenvalue weighted by atomic mass is 16.5. The van der Waals surface area contributed by atoms with Crippen molar-refractivity contribution in [3.8, 4) is 17.0 Å². The number of aryl methyl sites for hydroxylation is 1. The maximum Gasteiger partial charge on any atom is 0.339 e. The lowest BCUT2D eigenvalue weighted by Crippen LogP contribution is -2.01. The molecule has 0 fully saturated rings. The van der Waals surface area contributed by atoms with Gasteiger partial charge >= 0.3 is 5.97 Å². The van der Waals surface area contributed by atoms with Gasteiger partial charge in [-0.25, -0.2) is 4.79 Å². The van der Waals surface area contributed by atoms with Crippen molar-refractivity contribution in [1.29, 1.82) is 0 Å². The first-order chi connectivity index (χ1) is 9.45. The van der Waals surface area contributed by atoms with Crippen LogP contribution in [0.3, 0.4) is 0 Å². The molecule has 0 unspecified atom stereocenters. The lowest BCUT2D eigenvalue weighted by Gasteiger charge is -2.12. The van der Waals surface area contributed by atoms with E-state index >= 15 is 0 Å². The molecule has 20 heavy (non-hydrogen) atoms. The van der Waals surface area contributed by atoms with E-state index < -0.39 is 5.97 Å². The smallest absolute Gasteiger partial charge is 0.339 e. The number of methoxy groups -OCH3 is 1. The Morgan fingerprint density at radius 1 is 1.40 bits per heavy atom. The molecule has 106 valence electrons. The van der Waals surface area contributed by atoms with Crippen LogP contribution in [0, 0.1) is 6.92 Å². The number of nitrogens with one attached hydrogen (secondary N) is 1. The number of aromatic carboxylic acids is 1. The van der Waals surface area contributed by atoms with E-state index in [-0.39, 0.29) is 5.56 Å². The molecule has 2 N–H and O–H groups in total. The number of aromatic amines is 1. The molecule has 0 aliphatic rings. The van der Waals surface area contributed by atoms with Crippen LogP contribution in [0.2, 0.25) is 0 Å². The highest BCUT2D eigenvalue weighted by Crippen LogP contribution is 2.34. The van der Waals surface area contributed by atoms with Crippen molar-refractivity contribution < 1.29 is 14.6 Å². The van der Waals surface area contributed by atoms with Crippen LogP contribution in [-0.4, -0.2) is 28.4 Å². The molecule has 1 aromatic carbocycles. The monoisotopic (exact) mass is 274 g/mol. The lowest BCUT2D eigenvalue weighted by atomic mass is 9.98. The number of nitrogens with zero attached hydrogens (tertiary/aromatic N) is 1. The van der Waals surface area contributed by atoms with E-state index in [4.69, 9.17) is 4.74 Å². The summed E-state index contributed by atoms with van der Waals surface area (Å²) in [5.74, 6) is 0.00394. The van der Waals surface area contributed by atoms with Crippen LogP contribution in [0.1, 0.15) is 41.4 Å². The number of benzene rings is 1.